The van der Waals surface area contributed by atoms with Crippen molar-refractivity contribution in [1.29, 1.82) is 0 Å². The fourth-order valence-corrected chi connectivity index (χ4v) is 1.91. The molecule has 0 fully saturated rings. The molecule has 0 spiro atoms. The van der Waals surface area contributed by atoms with Gasteiger partial charge in [-0.1, -0.05) is 6.92 Å². The Hall–Kier alpha value is -2.17. The molecule has 18 heavy (non-hydrogen) atoms. The van der Waals surface area contributed by atoms with Gasteiger partial charge in [-0.25, -0.2) is 9.18 Å². The van der Waals surface area contributed by atoms with Gasteiger partial charge < -0.3 is 5.11 Å². The van der Waals surface area contributed by atoms with E-state index in [4.69, 9.17) is 5.11 Å². The van der Waals surface area contributed by atoms with Crippen LogP contribution in [0.15, 0.2) is 24.4 Å². The topological polar surface area (TPSA) is 55.1 Å². The molecular weight excluding hydrogens is 235 g/mol. The molecule has 2 aromatic rings. The maximum Gasteiger partial charge on any atom is 0.335 e. The van der Waals surface area contributed by atoms with Gasteiger partial charge in [0.2, 0.25) is 0 Å². The number of rotatable bonds is 3. The lowest BCUT2D eigenvalue weighted by Crippen LogP contribution is -1.98. The van der Waals surface area contributed by atoms with Gasteiger partial charge >= 0.3 is 5.97 Å². The zero-order valence-corrected chi connectivity index (χ0v) is 10.1. The largest absolute Gasteiger partial charge is 0.478 e. The average molecular weight is 248 g/mol. The van der Waals surface area contributed by atoms with Crippen molar-refractivity contribution in [1.82, 2.24) is 9.78 Å². The lowest BCUT2D eigenvalue weighted by atomic mass is 10.0. The van der Waals surface area contributed by atoms with Crippen LogP contribution in [-0.2, 0) is 13.5 Å². The van der Waals surface area contributed by atoms with E-state index in [1.165, 1.54) is 12.1 Å². The van der Waals surface area contributed by atoms with E-state index in [1.54, 1.807) is 17.9 Å². The van der Waals surface area contributed by atoms with E-state index in [2.05, 4.69) is 5.10 Å². The summed E-state index contributed by atoms with van der Waals surface area (Å²) in [5, 5.41) is 13.2. The first-order chi connectivity index (χ1) is 8.51. The van der Waals surface area contributed by atoms with Crippen LogP contribution in [-0.4, -0.2) is 20.9 Å². The number of carboxylic acids is 1. The minimum atomic E-state index is -1.14. The van der Waals surface area contributed by atoms with Crippen LogP contribution >= 0.6 is 0 Å². The molecule has 4 nitrogen and oxygen atoms in total. The predicted molar refractivity (Wildman–Crippen MR) is 64.9 cm³/mol. The number of carbonyl (C=O) groups is 1. The van der Waals surface area contributed by atoms with E-state index in [-0.39, 0.29) is 5.56 Å². The molecule has 1 aromatic carbocycles. The SMILES string of the molecule is CCc1nn(C)cc1-c1cc(F)cc(C(=O)O)c1. The highest BCUT2D eigenvalue weighted by molar-refractivity contribution is 5.89. The molecule has 0 unspecified atom stereocenters. The molecule has 0 bridgehead atoms. The van der Waals surface area contributed by atoms with E-state index in [0.29, 0.717) is 12.0 Å². The quantitative estimate of drug-likeness (QED) is 0.907. The van der Waals surface area contributed by atoms with Crippen LogP contribution in [0.25, 0.3) is 11.1 Å². The van der Waals surface area contributed by atoms with E-state index in [9.17, 15) is 9.18 Å². The van der Waals surface area contributed by atoms with Gasteiger partial charge in [0.1, 0.15) is 5.82 Å². The van der Waals surface area contributed by atoms with Crippen LogP contribution in [0, 0.1) is 5.82 Å². The molecule has 0 saturated heterocycles. The number of aromatic nitrogens is 2. The first-order valence-corrected chi connectivity index (χ1v) is 5.58. The summed E-state index contributed by atoms with van der Waals surface area (Å²) in [6.45, 7) is 1.95. The molecule has 1 aromatic heterocycles. The van der Waals surface area contributed by atoms with Gasteiger partial charge in [-0.2, -0.15) is 5.10 Å². The number of hydrogen-bond acceptors (Lipinski definition) is 2. The fourth-order valence-electron chi connectivity index (χ4n) is 1.91. The van der Waals surface area contributed by atoms with Gasteiger partial charge in [-0.3, -0.25) is 4.68 Å². The van der Waals surface area contributed by atoms with Crippen molar-refractivity contribution in [3.63, 3.8) is 0 Å². The van der Waals surface area contributed by atoms with E-state index in [1.807, 2.05) is 6.92 Å². The Morgan fingerprint density at radius 1 is 1.44 bits per heavy atom. The number of benzene rings is 1. The van der Waals surface area contributed by atoms with Crippen LogP contribution in [0.3, 0.4) is 0 Å². The number of hydrogen-bond donors (Lipinski definition) is 1. The molecule has 1 N–H and O–H groups in total. The Morgan fingerprint density at radius 2 is 2.17 bits per heavy atom. The van der Waals surface area contributed by atoms with Crippen LogP contribution < -0.4 is 0 Å². The minimum absolute atomic E-state index is 0.0593. The van der Waals surface area contributed by atoms with Crippen molar-refractivity contribution in [2.45, 2.75) is 13.3 Å². The molecule has 0 atom stereocenters. The molecular formula is C13H13FN2O2. The summed E-state index contributed by atoms with van der Waals surface area (Å²) in [6.07, 6.45) is 2.47. The van der Waals surface area contributed by atoms with Crippen molar-refractivity contribution in [2.24, 2.45) is 7.05 Å². The van der Waals surface area contributed by atoms with Crippen molar-refractivity contribution < 1.29 is 14.3 Å². The molecule has 0 saturated carbocycles. The summed E-state index contributed by atoms with van der Waals surface area (Å²) in [4.78, 5) is 10.9. The first-order valence-electron chi connectivity index (χ1n) is 5.58. The summed E-state index contributed by atoms with van der Waals surface area (Å²) >= 11 is 0. The van der Waals surface area contributed by atoms with Crippen LogP contribution in [0.2, 0.25) is 0 Å². The molecule has 0 radical (unpaired) electrons. The maximum absolute atomic E-state index is 13.4. The number of halogens is 1. The monoisotopic (exact) mass is 248 g/mol. The second kappa shape index (κ2) is 4.60. The van der Waals surface area contributed by atoms with Gasteiger partial charge in [0.15, 0.2) is 0 Å². The highest BCUT2D eigenvalue weighted by Gasteiger charge is 2.13. The van der Waals surface area contributed by atoms with Crippen molar-refractivity contribution in [3.05, 3.63) is 41.5 Å². The third kappa shape index (κ3) is 2.25. The molecule has 0 aliphatic carbocycles. The lowest BCUT2D eigenvalue weighted by molar-refractivity contribution is 0.0696. The van der Waals surface area contributed by atoms with Gasteiger partial charge in [0.25, 0.3) is 0 Å². The summed E-state index contributed by atoms with van der Waals surface area (Å²) < 4.78 is 15.1. The summed E-state index contributed by atoms with van der Waals surface area (Å²) in [6, 6.07) is 3.79. The number of nitrogens with zero attached hydrogens (tertiary/aromatic N) is 2. The summed E-state index contributed by atoms with van der Waals surface area (Å²) in [7, 11) is 1.78. The predicted octanol–water partition coefficient (Wildman–Crippen LogP) is 2.49. The normalized spacial score (nSPS) is 10.6. The van der Waals surface area contributed by atoms with Crippen LogP contribution in [0.4, 0.5) is 4.39 Å². The molecule has 1 heterocycles. The Kier molecular flexibility index (Phi) is 3.14. The first kappa shape index (κ1) is 12.3. The van der Waals surface area contributed by atoms with Crippen molar-refractivity contribution in [3.8, 4) is 11.1 Å². The molecule has 5 heteroatoms. The van der Waals surface area contributed by atoms with Crippen LogP contribution in [0.1, 0.15) is 23.0 Å². The molecule has 0 aliphatic heterocycles. The fraction of sp³-hybridized carbons (Fsp3) is 0.231. The van der Waals surface area contributed by atoms with Crippen molar-refractivity contribution in [2.75, 3.05) is 0 Å². The lowest BCUT2D eigenvalue weighted by Gasteiger charge is -2.03. The molecule has 2 rings (SSSR count). The minimum Gasteiger partial charge on any atom is -0.478 e. The van der Waals surface area contributed by atoms with E-state index >= 15 is 0 Å². The summed E-state index contributed by atoms with van der Waals surface area (Å²) in [5.74, 6) is -1.70. The zero-order chi connectivity index (χ0) is 13.3. The number of aryl methyl sites for hydroxylation is 2. The van der Waals surface area contributed by atoms with Crippen LogP contribution in [0.5, 0.6) is 0 Å². The van der Waals surface area contributed by atoms with Crippen molar-refractivity contribution >= 4 is 5.97 Å². The molecule has 0 amide bonds. The Labute approximate surface area is 104 Å². The van der Waals surface area contributed by atoms with Gasteiger partial charge in [-0.15, -0.1) is 0 Å². The third-order valence-corrected chi connectivity index (χ3v) is 2.70. The number of aromatic carboxylic acids is 1. The standard InChI is InChI=1S/C13H13FN2O2/c1-3-12-11(7-16(2)15-12)8-4-9(13(17)18)6-10(14)5-8/h4-7H,3H2,1-2H3,(H,17,18). The second-order valence-electron chi connectivity index (χ2n) is 4.05. The molecule has 0 aliphatic rings. The smallest absolute Gasteiger partial charge is 0.335 e. The van der Waals surface area contributed by atoms with Gasteiger partial charge in [0, 0.05) is 18.8 Å². The molecule has 94 valence electrons. The Bertz CT molecular complexity index is 605. The highest BCUT2D eigenvalue weighted by atomic mass is 19.1. The summed E-state index contributed by atoms with van der Waals surface area (Å²) in [5.41, 5.74) is 2.06. The third-order valence-electron chi connectivity index (χ3n) is 2.70. The van der Waals surface area contributed by atoms with E-state index < -0.39 is 11.8 Å². The second-order valence-corrected chi connectivity index (χ2v) is 4.05. The number of carboxylic acid groups (broad SMARTS) is 1. The average Bonchev–Trinajstić information content (AvgIpc) is 2.69. The maximum atomic E-state index is 13.4. The van der Waals surface area contributed by atoms with Gasteiger partial charge in [-0.05, 0) is 30.2 Å². The van der Waals surface area contributed by atoms with Gasteiger partial charge in [0.05, 0.1) is 11.3 Å². The zero-order valence-electron chi connectivity index (χ0n) is 10.1. The van der Waals surface area contributed by atoms with E-state index in [0.717, 1.165) is 17.3 Å². The Balaban J connectivity index is 2.59. The Morgan fingerprint density at radius 3 is 2.78 bits per heavy atom. The highest BCUT2D eigenvalue weighted by Crippen LogP contribution is 2.25.